The van der Waals surface area contributed by atoms with Crippen molar-refractivity contribution < 1.29 is 0 Å². The van der Waals surface area contributed by atoms with Gasteiger partial charge in [-0.1, -0.05) is 0 Å². The Kier molecular flexibility index (Phi) is 2.89. The molecule has 0 bridgehead atoms. The van der Waals surface area contributed by atoms with E-state index in [1.807, 2.05) is 17.1 Å². The van der Waals surface area contributed by atoms with Crippen LogP contribution in [0.2, 0.25) is 0 Å². The van der Waals surface area contributed by atoms with Crippen LogP contribution < -0.4 is 5.73 Å². The van der Waals surface area contributed by atoms with Crippen molar-refractivity contribution in [3.05, 3.63) is 24.8 Å². The summed E-state index contributed by atoms with van der Waals surface area (Å²) in [5.41, 5.74) is 6.99. The molecule has 2 rings (SSSR count). The fraction of sp³-hybridized carbons (Fsp3) is 0.375. The minimum absolute atomic E-state index is 0. The van der Waals surface area contributed by atoms with Crippen LogP contribution in [0, 0.1) is 0 Å². The van der Waals surface area contributed by atoms with Gasteiger partial charge < -0.3 is 10.3 Å². The molecule has 1 aromatic rings. The fourth-order valence-corrected chi connectivity index (χ4v) is 1.37. The molecular formula is C8H12ClN3. The minimum Gasteiger partial charge on any atom is -0.324 e. The molecule has 0 aliphatic heterocycles. The van der Waals surface area contributed by atoms with E-state index in [1.54, 1.807) is 6.20 Å². The number of rotatable bonds is 1. The summed E-state index contributed by atoms with van der Waals surface area (Å²) in [4.78, 5) is 3.97. The fourth-order valence-electron chi connectivity index (χ4n) is 1.37. The summed E-state index contributed by atoms with van der Waals surface area (Å²) < 4.78 is 2.02. The SMILES string of the molecule is Cl.NC1C=C(n2ccnc2)CC1. The number of nitrogens with two attached hydrogens (primary N) is 1. The summed E-state index contributed by atoms with van der Waals surface area (Å²) in [6, 6.07) is 0.243. The van der Waals surface area contributed by atoms with Gasteiger partial charge in [0, 0.05) is 24.1 Å². The van der Waals surface area contributed by atoms with Crippen molar-refractivity contribution in [1.82, 2.24) is 9.55 Å². The van der Waals surface area contributed by atoms with Crippen LogP contribution in [0.4, 0.5) is 0 Å². The van der Waals surface area contributed by atoms with Crippen molar-refractivity contribution in [3.63, 3.8) is 0 Å². The molecule has 1 aliphatic rings. The molecule has 0 amide bonds. The third kappa shape index (κ3) is 1.68. The highest BCUT2D eigenvalue weighted by molar-refractivity contribution is 5.85. The van der Waals surface area contributed by atoms with Crippen molar-refractivity contribution >= 4 is 18.1 Å². The minimum atomic E-state index is 0. The van der Waals surface area contributed by atoms with Crippen LogP contribution in [0.5, 0.6) is 0 Å². The Hall–Kier alpha value is -0.800. The zero-order valence-electron chi connectivity index (χ0n) is 6.68. The van der Waals surface area contributed by atoms with Gasteiger partial charge >= 0.3 is 0 Å². The molecule has 1 unspecified atom stereocenters. The highest BCUT2D eigenvalue weighted by atomic mass is 35.5. The molecular weight excluding hydrogens is 174 g/mol. The topological polar surface area (TPSA) is 43.8 Å². The maximum Gasteiger partial charge on any atom is 0.0989 e. The Balaban J connectivity index is 0.000000720. The number of allylic oxidation sites excluding steroid dienone is 1. The van der Waals surface area contributed by atoms with Crippen molar-refractivity contribution in [2.24, 2.45) is 5.73 Å². The molecule has 1 heterocycles. The molecule has 2 N–H and O–H groups in total. The average molecular weight is 186 g/mol. The van der Waals surface area contributed by atoms with Crippen LogP contribution >= 0.6 is 12.4 Å². The molecule has 1 atom stereocenters. The summed E-state index contributed by atoms with van der Waals surface area (Å²) in [6.07, 6.45) is 9.77. The van der Waals surface area contributed by atoms with Gasteiger partial charge in [-0.15, -0.1) is 12.4 Å². The molecule has 0 spiro atoms. The second-order valence-corrected chi connectivity index (χ2v) is 2.83. The second kappa shape index (κ2) is 3.74. The average Bonchev–Trinajstić information content (AvgIpc) is 2.55. The lowest BCUT2D eigenvalue weighted by Gasteiger charge is -1.99. The molecule has 0 aromatic carbocycles. The Morgan fingerprint density at radius 2 is 2.42 bits per heavy atom. The zero-order chi connectivity index (χ0) is 7.68. The highest BCUT2D eigenvalue weighted by Gasteiger charge is 2.11. The summed E-state index contributed by atoms with van der Waals surface area (Å²) in [7, 11) is 0. The predicted molar refractivity (Wildman–Crippen MR) is 51.0 cm³/mol. The van der Waals surface area contributed by atoms with E-state index in [9.17, 15) is 0 Å². The van der Waals surface area contributed by atoms with Crippen LogP contribution in [0.3, 0.4) is 0 Å². The molecule has 0 saturated carbocycles. The maximum absolute atomic E-state index is 5.72. The molecule has 4 heteroatoms. The predicted octanol–water partition coefficient (Wildman–Crippen LogP) is 1.27. The Labute approximate surface area is 77.7 Å². The van der Waals surface area contributed by atoms with E-state index in [2.05, 4.69) is 11.1 Å². The third-order valence-corrected chi connectivity index (χ3v) is 1.98. The van der Waals surface area contributed by atoms with Gasteiger partial charge in [-0.3, -0.25) is 0 Å². The summed E-state index contributed by atoms with van der Waals surface area (Å²) in [5.74, 6) is 0. The number of halogens is 1. The summed E-state index contributed by atoms with van der Waals surface area (Å²) >= 11 is 0. The van der Waals surface area contributed by atoms with Crippen LogP contribution in [0.1, 0.15) is 12.8 Å². The van der Waals surface area contributed by atoms with Gasteiger partial charge in [-0.25, -0.2) is 4.98 Å². The first kappa shape index (κ1) is 9.29. The zero-order valence-corrected chi connectivity index (χ0v) is 7.50. The molecule has 66 valence electrons. The molecule has 0 radical (unpaired) electrons. The summed E-state index contributed by atoms with van der Waals surface area (Å²) in [6.45, 7) is 0. The van der Waals surface area contributed by atoms with Crippen LogP contribution in [0.25, 0.3) is 5.70 Å². The van der Waals surface area contributed by atoms with Crippen LogP contribution in [-0.2, 0) is 0 Å². The molecule has 1 aromatic heterocycles. The number of imidazole rings is 1. The normalized spacial score (nSPS) is 21.8. The Bertz CT molecular complexity index is 266. The number of nitrogens with zero attached hydrogens (tertiary/aromatic N) is 2. The van der Waals surface area contributed by atoms with E-state index < -0.39 is 0 Å². The molecule has 0 fully saturated rings. The van der Waals surface area contributed by atoms with E-state index in [4.69, 9.17) is 5.73 Å². The molecule has 3 nitrogen and oxygen atoms in total. The van der Waals surface area contributed by atoms with E-state index in [-0.39, 0.29) is 18.4 Å². The first-order valence-corrected chi connectivity index (χ1v) is 3.81. The van der Waals surface area contributed by atoms with Crippen molar-refractivity contribution in [3.8, 4) is 0 Å². The van der Waals surface area contributed by atoms with Crippen molar-refractivity contribution in [1.29, 1.82) is 0 Å². The first-order valence-electron chi connectivity index (χ1n) is 3.81. The van der Waals surface area contributed by atoms with Gasteiger partial charge in [0.05, 0.1) is 6.33 Å². The monoisotopic (exact) mass is 185 g/mol. The van der Waals surface area contributed by atoms with Gasteiger partial charge in [0.25, 0.3) is 0 Å². The highest BCUT2D eigenvalue weighted by Crippen LogP contribution is 2.20. The summed E-state index contributed by atoms with van der Waals surface area (Å²) in [5, 5.41) is 0. The number of hydrogen-bond acceptors (Lipinski definition) is 2. The van der Waals surface area contributed by atoms with E-state index in [0.717, 1.165) is 12.8 Å². The van der Waals surface area contributed by atoms with Crippen LogP contribution in [0.15, 0.2) is 24.8 Å². The van der Waals surface area contributed by atoms with E-state index >= 15 is 0 Å². The van der Waals surface area contributed by atoms with Gasteiger partial charge in [0.1, 0.15) is 0 Å². The van der Waals surface area contributed by atoms with Gasteiger partial charge in [0.2, 0.25) is 0 Å². The lowest BCUT2D eigenvalue weighted by Crippen LogP contribution is -2.11. The van der Waals surface area contributed by atoms with Gasteiger partial charge in [-0.05, 0) is 18.9 Å². The van der Waals surface area contributed by atoms with Crippen LogP contribution in [-0.4, -0.2) is 15.6 Å². The Morgan fingerprint density at radius 1 is 1.58 bits per heavy atom. The van der Waals surface area contributed by atoms with Gasteiger partial charge in [-0.2, -0.15) is 0 Å². The quantitative estimate of drug-likeness (QED) is 0.716. The standard InChI is InChI=1S/C8H11N3.ClH/c9-7-1-2-8(5-7)11-4-3-10-6-11;/h3-7H,1-2,9H2;1H. The third-order valence-electron chi connectivity index (χ3n) is 1.98. The maximum atomic E-state index is 5.72. The van der Waals surface area contributed by atoms with Crippen molar-refractivity contribution in [2.75, 3.05) is 0 Å². The van der Waals surface area contributed by atoms with E-state index in [0.29, 0.717) is 0 Å². The van der Waals surface area contributed by atoms with E-state index in [1.165, 1.54) is 5.70 Å². The Morgan fingerprint density at radius 3 is 2.92 bits per heavy atom. The molecule has 0 saturated heterocycles. The van der Waals surface area contributed by atoms with Gasteiger partial charge in [0.15, 0.2) is 0 Å². The molecule has 1 aliphatic carbocycles. The lowest BCUT2D eigenvalue weighted by molar-refractivity contribution is 0.776. The smallest absolute Gasteiger partial charge is 0.0989 e. The number of hydrogen-bond donors (Lipinski definition) is 1. The molecule has 12 heavy (non-hydrogen) atoms. The second-order valence-electron chi connectivity index (χ2n) is 2.83. The first-order chi connectivity index (χ1) is 5.36. The largest absolute Gasteiger partial charge is 0.324 e. The van der Waals surface area contributed by atoms with Crippen molar-refractivity contribution in [2.45, 2.75) is 18.9 Å². The lowest BCUT2D eigenvalue weighted by atomic mass is 10.3. The number of aromatic nitrogens is 2.